The molecule has 0 radical (unpaired) electrons. The van der Waals surface area contributed by atoms with Gasteiger partial charge in [0.2, 0.25) is 0 Å². The molecule has 5 unspecified atom stereocenters. The molecule has 48 heavy (non-hydrogen) atoms. The van der Waals surface area contributed by atoms with Gasteiger partial charge in [-0.05, 0) is 52.9 Å². The predicted molar refractivity (Wildman–Crippen MR) is 182 cm³/mol. The second-order valence-corrected chi connectivity index (χ2v) is 12.8. The highest BCUT2D eigenvalue weighted by atomic mass is 32.2. The molecule has 1 amide bonds. The van der Waals surface area contributed by atoms with E-state index in [2.05, 4.69) is 12.2 Å². The van der Waals surface area contributed by atoms with Crippen LogP contribution >= 0.6 is 11.8 Å². The smallest absolute Gasteiger partial charge is 0.336 e. The van der Waals surface area contributed by atoms with Crippen molar-refractivity contribution in [2.75, 3.05) is 5.75 Å². The van der Waals surface area contributed by atoms with Crippen LogP contribution in [0.1, 0.15) is 65.8 Å². The molecule has 4 aromatic carbocycles. The lowest BCUT2D eigenvalue weighted by molar-refractivity contribution is -0.268. The maximum absolute atomic E-state index is 12.3. The molecule has 5 rings (SSSR count). The summed E-state index contributed by atoms with van der Waals surface area (Å²) in [6.07, 6.45) is -2.09. The van der Waals surface area contributed by atoms with Crippen molar-refractivity contribution >= 4 is 29.6 Å². The van der Waals surface area contributed by atoms with E-state index in [-0.39, 0.29) is 42.7 Å². The van der Waals surface area contributed by atoms with Gasteiger partial charge in [-0.15, -0.1) is 11.8 Å². The van der Waals surface area contributed by atoms with Crippen LogP contribution < -0.4 is 5.32 Å². The third kappa shape index (κ3) is 8.70. The Bertz CT molecular complexity index is 1730. The van der Waals surface area contributed by atoms with Crippen molar-refractivity contribution in [3.63, 3.8) is 0 Å². The lowest BCUT2D eigenvalue weighted by Gasteiger charge is -2.41. The van der Waals surface area contributed by atoms with E-state index in [4.69, 9.17) is 14.2 Å². The van der Waals surface area contributed by atoms with Crippen LogP contribution in [0.5, 0.6) is 0 Å². The van der Waals surface area contributed by atoms with E-state index >= 15 is 0 Å². The summed E-state index contributed by atoms with van der Waals surface area (Å²) in [5, 5.41) is 22.0. The average Bonchev–Trinajstić information content (AvgIpc) is 3.10. The van der Waals surface area contributed by atoms with Gasteiger partial charge < -0.3 is 29.7 Å². The fourth-order valence-electron chi connectivity index (χ4n) is 5.58. The van der Waals surface area contributed by atoms with Gasteiger partial charge in [-0.25, -0.2) is 4.79 Å². The number of hydrogen-bond donors (Lipinski definition) is 3. The Morgan fingerprint density at radius 1 is 0.875 bits per heavy atom. The molecule has 1 aliphatic heterocycles. The van der Waals surface area contributed by atoms with Gasteiger partial charge in [0.05, 0.1) is 24.4 Å². The summed E-state index contributed by atoms with van der Waals surface area (Å²) in [6.45, 7) is 5.11. The van der Waals surface area contributed by atoms with Crippen molar-refractivity contribution in [1.82, 2.24) is 5.32 Å². The van der Waals surface area contributed by atoms with Gasteiger partial charge >= 0.3 is 11.9 Å². The number of ether oxygens (including phenoxy) is 3. The van der Waals surface area contributed by atoms with E-state index in [0.717, 1.165) is 33.4 Å². The van der Waals surface area contributed by atoms with Crippen LogP contribution in [0.25, 0.3) is 11.1 Å². The molecule has 10 heteroatoms. The number of carbonyl (C=O) groups excluding carboxylic acids is 2. The topological polar surface area (TPSA) is 131 Å². The summed E-state index contributed by atoms with van der Waals surface area (Å²) in [5.74, 6) is -1.37. The minimum Gasteiger partial charge on any atom is -0.478 e. The number of esters is 1. The van der Waals surface area contributed by atoms with Gasteiger partial charge in [0.15, 0.2) is 12.4 Å². The van der Waals surface area contributed by atoms with Gasteiger partial charge in [-0.1, -0.05) is 85.8 Å². The lowest BCUT2D eigenvalue weighted by Crippen LogP contribution is -2.38. The molecule has 0 spiro atoms. The first-order valence-corrected chi connectivity index (χ1v) is 16.7. The number of amides is 1. The zero-order chi connectivity index (χ0) is 34.2. The van der Waals surface area contributed by atoms with Crippen LogP contribution in [0.15, 0.2) is 102 Å². The number of aromatic carboxylic acids is 1. The van der Waals surface area contributed by atoms with Gasteiger partial charge in [0.1, 0.15) is 0 Å². The summed E-state index contributed by atoms with van der Waals surface area (Å²) >= 11 is 1.45. The Labute approximate surface area is 284 Å². The Morgan fingerprint density at radius 3 is 2.27 bits per heavy atom. The number of aliphatic hydroxyl groups excluding tert-OH is 1. The molecule has 1 aliphatic rings. The summed E-state index contributed by atoms with van der Waals surface area (Å²) in [5.41, 5.74) is 5.71. The van der Waals surface area contributed by atoms with E-state index in [9.17, 15) is 24.6 Å². The summed E-state index contributed by atoms with van der Waals surface area (Å²) in [4.78, 5) is 35.9. The molecule has 0 bridgehead atoms. The van der Waals surface area contributed by atoms with Gasteiger partial charge in [-0.3, -0.25) is 9.59 Å². The minimum atomic E-state index is -0.969. The van der Waals surface area contributed by atoms with Gasteiger partial charge in [0, 0.05) is 35.6 Å². The molecule has 1 heterocycles. The molecule has 1 fully saturated rings. The number of carboxylic acids is 1. The Hall–Kier alpha value is -4.48. The third-order valence-corrected chi connectivity index (χ3v) is 9.43. The monoisotopic (exact) mass is 669 g/mol. The number of carbonyl (C=O) groups is 3. The molecule has 1 saturated heterocycles. The van der Waals surface area contributed by atoms with Crippen molar-refractivity contribution in [3.8, 4) is 11.1 Å². The van der Waals surface area contributed by atoms with E-state index in [1.807, 2.05) is 84.9 Å². The normalized spacial score (nSPS) is 19.7. The van der Waals surface area contributed by atoms with E-state index in [1.54, 1.807) is 12.1 Å². The Kier molecular flexibility index (Phi) is 11.7. The van der Waals surface area contributed by atoms with Crippen LogP contribution in [0.2, 0.25) is 0 Å². The van der Waals surface area contributed by atoms with E-state index in [0.29, 0.717) is 10.6 Å². The molecule has 0 aromatic heterocycles. The van der Waals surface area contributed by atoms with Crippen LogP contribution in [0.4, 0.5) is 0 Å². The number of benzene rings is 4. The Balaban J connectivity index is 1.33. The van der Waals surface area contributed by atoms with E-state index in [1.165, 1.54) is 25.6 Å². The molecular formula is C38H39NO8S. The number of carboxylic acid groups (broad SMARTS) is 1. The van der Waals surface area contributed by atoms with Crippen molar-refractivity contribution in [3.05, 3.63) is 125 Å². The fraction of sp³-hybridized carbons (Fsp3) is 0.289. The van der Waals surface area contributed by atoms with Gasteiger partial charge in [0.25, 0.3) is 5.91 Å². The zero-order valence-electron chi connectivity index (χ0n) is 27.0. The fourth-order valence-corrected chi connectivity index (χ4v) is 6.79. The second-order valence-electron chi connectivity index (χ2n) is 11.7. The van der Waals surface area contributed by atoms with Crippen molar-refractivity contribution in [2.45, 2.75) is 63.4 Å². The third-order valence-electron chi connectivity index (χ3n) is 8.27. The molecule has 0 aliphatic carbocycles. The molecule has 0 saturated carbocycles. The lowest BCUT2D eigenvalue weighted by atomic mass is 9.91. The second kappa shape index (κ2) is 16.1. The van der Waals surface area contributed by atoms with Crippen LogP contribution in [0.3, 0.4) is 0 Å². The molecule has 3 N–H and O–H groups in total. The number of thioether (sulfide) groups is 1. The SMILES string of the molecule is CC(=O)OC(C)C(=O)NCc1cccc(-c2ccc(C3OC(CSc4ccccc4C(=O)O)C(C)C(c4ccc(CO)cc4)O3)cc2)c1. The highest BCUT2D eigenvalue weighted by Crippen LogP contribution is 2.43. The molecule has 4 aromatic rings. The maximum Gasteiger partial charge on any atom is 0.336 e. The van der Waals surface area contributed by atoms with Crippen LogP contribution in [-0.2, 0) is 37.0 Å². The summed E-state index contributed by atoms with van der Waals surface area (Å²) in [6, 6.07) is 30.4. The predicted octanol–water partition coefficient (Wildman–Crippen LogP) is 6.70. The molecule has 250 valence electrons. The number of rotatable bonds is 12. The maximum atomic E-state index is 12.3. The highest BCUT2D eigenvalue weighted by molar-refractivity contribution is 7.99. The van der Waals surface area contributed by atoms with Crippen LogP contribution in [0, 0.1) is 5.92 Å². The highest BCUT2D eigenvalue weighted by Gasteiger charge is 2.38. The van der Waals surface area contributed by atoms with Gasteiger partial charge in [-0.2, -0.15) is 0 Å². The molecule has 5 atom stereocenters. The Morgan fingerprint density at radius 2 is 1.58 bits per heavy atom. The van der Waals surface area contributed by atoms with Crippen molar-refractivity contribution < 1.29 is 38.8 Å². The largest absolute Gasteiger partial charge is 0.478 e. The molecular weight excluding hydrogens is 630 g/mol. The number of nitrogens with one attached hydrogen (secondary N) is 1. The first-order chi connectivity index (χ1) is 23.1. The minimum absolute atomic E-state index is 0.0471. The quantitative estimate of drug-likeness (QED) is 0.111. The zero-order valence-corrected chi connectivity index (χ0v) is 27.8. The van der Waals surface area contributed by atoms with Crippen molar-refractivity contribution in [2.24, 2.45) is 5.92 Å². The molecule has 9 nitrogen and oxygen atoms in total. The first-order valence-electron chi connectivity index (χ1n) is 15.7. The first kappa shape index (κ1) is 34.8. The van der Waals surface area contributed by atoms with Crippen molar-refractivity contribution in [1.29, 1.82) is 0 Å². The number of hydrogen-bond acceptors (Lipinski definition) is 8. The number of aliphatic hydroxyl groups is 1. The van der Waals surface area contributed by atoms with Crippen LogP contribution in [-0.4, -0.2) is 46.0 Å². The standard InChI is InChI=1S/C38H39NO8S/c1-23-33(22-48-34-10-5-4-9-32(34)37(43)44)46-38(47-35(23)29-13-11-26(21-40)12-14-29)30-17-15-28(16-18-30)31-8-6-7-27(19-31)20-39-36(42)24(2)45-25(3)41/h4-19,23-24,33,35,38,40H,20-22H2,1-3H3,(H,39,42)(H,43,44). The van der Waals surface area contributed by atoms with E-state index < -0.39 is 24.3 Å². The average molecular weight is 670 g/mol. The summed E-state index contributed by atoms with van der Waals surface area (Å²) in [7, 11) is 0. The summed E-state index contributed by atoms with van der Waals surface area (Å²) < 4.78 is 18.1.